The van der Waals surface area contributed by atoms with Gasteiger partial charge in [0.2, 0.25) is 0 Å². The first-order valence-corrected chi connectivity index (χ1v) is 10.9. The third-order valence-corrected chi connectivity index (χ3v) is 5.89. The van der Waals surface area contributed by atoms with Gasteiger partial charge in [0.25, 0.3) is 0 Å². The zero-order valence-electron chi connectivity index (χ0n) is 16.5. The molecule has 0 bridgehead atoms. The van der Waals surface area contributed by atoms with Crippen LogP contribution in [0.1, 0.15) is 12.5 Å². The van der Waals surface area contributed by atoms with Gasteiger partial charge in [-0.3, -0.25) is 0 Å². The van der Waals surface area contributed by atoms with E-state index in [-0.39, 0.29) is 0 Å². The second-order valence-electron chi connectivity index (χ2n) is 6.85. The molecule has 0 aliphatic heterocycles. The van der Waals surface area contributed by atoms with E-state index in [9.17, 15) is 0 Å². The maximum absolute atomic E-state index is 5.53. The number of aromatic nitrogens is 4. The van der Waals surface area contributed by atoms with Gasteiger partial charge in [-0.25, -0.2) is 0 Å². The molecule has 0 aliphatic rings. The Balaban J connectivity index is 1.42. The lowest BCUT2D eigenvalue weighted by atomic mass is 10.1. The Morgan fingerprint density at radius 3 is 2.57 bits per heavy atom. The third-order valence-electron chi connectivity index (χ3n) is 4.92. The van der Waals surface area contributed by atoms with E-state index >= 15 is 0 Å². The van der Waals surface area contributed by atoms with Crippen LogP contribution in [0.25, 0.3) is 27.8 Å². The fourth-order valence-electron chi connectivity index (χ4n) is 3.47. The molecule has 0 spiro atoms. The molecular weight excluding hydrogens is 392 g/mol. The van der Waals surface area contributed by atoms with E-state index < -0.39 is 0 Å². The van der Waals surface area contributed by atoms with Gasteiger partial charge < -0.3 is 4.74 Å². The molecule has 0 fully saturated rings. The van der Waals surface area contributed by atoms with Gasteiger partial charge in [0.1, 0.15) is 10.8 Å². The zero-order chi connectivity index (χ0) is 20.3. The summed E-state index contributed by atoms with van der Waals surface area (Å²) in [7, 11) is 0. The molecule has 2 aromatic heterocycles. The SMILES string of the molecule is CCOc1ccc(-c2nnc3ccc(SCc4cccc5ccccc45)nn23)cc1. The average molecular weight is 413 g/mol. The van der Waals surface area contributed by atoms with E-state index in [4.69, 9.17) is 9.84 Å². The minimum Gasteiger partial charge on any atom is -0.494 e. The number of rotatable bonds is 6. The summed E-state index contributed by atoms with van der Waals surface area (Å²) in [5, 5.41) is 16.9. The van der Waals surface area contributed by atoms with Crippen LogP contribution in [0.2, 0.25) is 0 Å². The highest BCUT2D eigenvalue weighted by Gasteiger charge is 2.11. The Hall–Kier alpha value is -3.38. The highest BCUT2D eigenvalue weighted by molar-refractivity contribution is 7.98. The number of ether oxygens (including phenoxy) is 1. The summed E-state index contributed by atoms with van der Waals surface area (Å²) in [5.74, 6) is 2.41. The molecule has 0 unspecified atom stereocenters. The van der Waals surface area contributed by atoms with Crippen LogP contribution in [0.15, 0.2) is 83.9 Å². The van der Waals surface area contributed by atoms with Crippen molar-refractivity contribution >= 4 is 28.2 Å². The predicted octanol–water partition coefficient (Wildman–Crippen LogP) is 5.64. The summed E-state index contributed by atoms with van der Waals surface area (Å²) < 4.78 is 7.33. The largest absolute Gasteiger partial charge is 0.494 e. The Morgan fingerprint density at radius 1 is 0.867 bits per heavy atom. The summed E-state index contributed by atoms with van der Waals surface area (Å²) >= 11 is 1.71. The van der Waals surface area contributed by atoms with Gasteiger partial charge in [-0.05, 0) is 59.7 Å². The molecule has 6 heteroatoms. The fraction of sp³-hybridized carbons (Fsp3) is 0.125. The van der Waals surface area contributed by atoms with Gasteiger partial charge in [0.15, 0.2) is 11.5 Å². The predicted molar refractivity (Wildman–Crippen MR) is 121 cm³/mol. The Morgan fingerprint density at radius 2 is 1.70 bits per heavy atom. The lowest BCUT2D eigenvalue weighted by Gasteiger charge is -2.07. The summed E-state index contributed by atoms with van der Waals surface area (Å²) in [6.07, 6.45) is 0. The second kappa shape index (κ2) is 8.16. The number of hydrogen-bond acceptors (Lipinski definition) is 5. The quantitative estimate of drug-likeness (QED) is 0.338. The van der Waals surface area contributed by atoms with Gasteiger partial charge in [-0.1, -0.05) is 54.2 Å². The summed E-state index contributed by atoms with van der Waals surface area (Å²) in [4.78, 5) is 0. The minimum absolute atomic E-state index is 0.645. The summed E-state index contributed by atoms with van der Waals surface area (Å²) in [6, 6.07) is 26.7. The lowest BCUT2D eigenvalue weighted by molar-refractivity contribution is 0.340. The number of nitrogens with zero attached hydrogens (tertiary/aromatic N) is 4. The number of fused-ring (bicyclic) bond motifs is 2. The molecule has 0 aliphatic carbocycles. The zero-order valence-corrected chi connectivity index (χ0v) is 17.3. The highest BCUT2D eigenvalue weighted by atomic mass is 32.2. The Kier molecular flexibility index (Phi) is 5.07. The normalized spacial score (nSPS) is 11.2. The maximum Gasteiger partial charge on any atom is 0.185 e. The van der Waals surface area contributed by atoms with E-state index in [1.54, 1.807) is 16.3 Å². The second-order valence-corrected chi connectivity index (χ2v) is 7.85. The van der Waals surface area contributed by atoms with Crippen molar-refractivity contribution in [1.29, 1.82) is 0 Å². The van der Waals surface area contributed by atoms with Gasteiger partial charge in [-0.15, -0.1) is 10.2 Å². The molecule has 30 heavy (non-hydrogen) atoms. The van der Waals surface area contributed by atoms with Crippen molar-refractivity contribution < 1.29 is 4.74 Å². The van der Waals surface area contributed by atoms with Gasteiger partial charge >= 0.3 is 0 Å². The third kappa shape index (κ3) is 3.62. The molecule has 3 aromatic carbocycles. The molecule has 0 N–H and O–H groups in total. The molecular formula is C24H20N4OS. The number of hydrogen-bond donors (Lipinski definition) is 0. The standard InChI is InChI=1S/C24H20N4OS/c1-2-29-20-12-10-18(11-13-20)24-26-25-22-14-15-23(27-28(22)24)30-16-19-8-5-7-17-6-3-4-9-21(17)19/h3-15H,2,16H2,1H3. The van der Waals surface area contributed by atoms with Gasteiger partial charge in [0, 0.05) is 11.3 Å². The van der Waals surface area contributed by atoms with Gasteiger partial charge in [-0.2, -0.15) is 9.61 Å². The van der Waals surface area contributed by atoms with Crippen LogP contribution in [0.3, 0.4) is 0 Å². The summed E-state index contributed by atoms with van der Waals surface area (Å²) in [5.41, 5.74) is 2.98. The van der Waals surface area contributed by atoms with Crippen molar-refractivity contribution in [2.24, 2.45) is 0 Å². The smallest absolute Gasteiger partial charge is 0.185 e. The average Bonchev–Trinajstić information content (AvgIpc) is 3.22. The minimum atomic E-state index is 0.645. The molecule has 0 amide bonds. The lowest BCUT2D eigenvalue weighted by Crippen LogP contribution is -1.97. The topological polar surface area (TPSA) is 52.3 Å². The highest BCUT2D eigenvalue weighted by Crippen LogP contribution is 2.27. The fourth-order valence-corrected chi connectivity index (χ4v) is 4.32. The molecule has 148 valence electrons. The summed E-state index contributed by atoms with van der Waals surface area (Å²) in [6.45, 7) is 2.62. The first-order chi connectivity index (χ1) is 14.8. The van der Waals surface area contributed by atoms with E-state index in [1.807, 2.05) is 43.3 Å². The van der Waals surface area contributed by atoms with Gasteiger partial charge in [0.05, 0.1) is 6.61 Å². The molecule has 5 rings (SSSR count). The van der Waals surface area contributed by atoms with E-state index in [2.05, 4.69) is 52.7 Å². The molecule has 5 nitrogen and oxygen atoms in total. The number of thioether (sulfide) groups is 1. The maximum atomic E-state index is 5.53. The number of benzene rings is 3. The van der Waals surface area contributed by atoms with E-state index in [0.717, 1.165) is 33.6 Å². The van der Waals surface area contributed by atoms with Crippen molar-refractivity contribution in [2.75, 3.05) is 6.61 Å². The van der Waals surface area contributed by atoms with Crippen LogP contribution in [-0.2, 0) is 5.75 Å². The van der Waals surface area contributed by atoms with Crippen LogP contribution < -0.4 is 4.74 Å². The molecule has 0 atom stereocenters. The van der Waals surface area contributed by atoms with Crippen LogP contribution in [0.5, 0.6) is 5.75 Å². The van der Waals surface area contributed by atoms with Crippen LogP contribution in [0, 0.1) is 0 Å². The Bertz CT molecular complexity index is 1310. The molecule has 0 saturated carbocycles. The molecule has 0 radical (unpaired) electrons. The van der Waals surface area contributed by atoms with Crippen LogP contribution in [0.4, 0.5) is 0 Å². The van der Waals surface area contributed by atoms with Crippen molar-refractivity contribution in [1.82, 2.24) is 19.8 Å². The van der Waals surface area contributed by atoms with E-state index in [1.165, 1.54) is 16.3 Å². The Labute approximate surface area is 178 Å². The molecule has 2 heterocycles. The van der Waals surface area contributed by atoms with Crippen molar-refractivity contribution in [3.8, 4) is 17.1 Å². The van der Waals surface area contributed by atoms with Crippen molar-refractivity contribution in [2.45, 2.75) is 17.7 Å². The first-order valence-electron chi connectivity index (χ1n) is 9.87. The van der Waals surface area contributed by atoms with Crippen molar-refractivity contribution in [3.05, 3.63) is 84.4 Å². The molecule has 0 saturated heterocycles. The first kappa shape index (κ1) is 18.6. The van der Waals surface area contributed by atoms with Crippen LogP contribution >= 0.6 is 11.8 Å². The monoisotopic (exact) mass is 412 g/mol. The molecule has 5 aromatic rings. The van der Waals surface area contributed by atoms with E-state index in [0.29, 0.717) is 6.61 Å². The van der Waals surface area contributed by atoms with Crippen LogP contribution in [-0.4, -0.2) is 26.4 Å². The van der Waals surface area contributed by atoms with Crippen molar-refractivity contribution in [3.63, 3.8) is 0 Å².